The summed E-state index contributed by atoms with van der Waals surface area (Å²) in [4.78, 5) is 1.07. The SMILES string of the molecule is CCC(O)c1ccccc1OCc1ccc(Cl)s1. The van der Waals surface area contributed by atoms with Crippen molar-refractivity contribution in [1.82, 2.24) is 0 Å². The number of rotatable bonds is 5. The van der Waals surface area contributed by atoms with E-state index in [1.807, 2.05) is 43.3 Å². The summed E-state index contributed by atoms with van der Waals surface area (Å²) in [7, 11) is 0. The lowest BCUT2D eigenvalue weighted by atomic mass is 10.1. The van der Waals surface area contributed by atoms with Crippen molar-refractivity contribution >= 4 is 22.9 Å². The van der Waals surface area contributed by atoms with E-state index in [2.05, 4.69) is 0 Å². The minimum Gasteiger partial charge on any atom is -0.488 e. The van der Waals surface area contributed by atoms with Crippen molar-refractivity contribution < 1.29 is 9.84 Å². The van der Waals surface area contributed by atoms with Gasteiger partial charge in [0.25, 0.3) is 0 Å². The van der Waals surface area contributed by atoms with Gasteiger partial charge in [0.2, 0.25) is 0 Å². The highest BCUT2D eigenvalue weighted by molar-refractivity contribution is 7.16. The molecule has 1 unspecified atom stereocenters. The topological polar surface area (TPSA) is 29.5 Å². The summed E-state index contributed by atoms with van der Waals surface area (Å²) < 4.78 is 6.51. The zero-order valence-corrected chi connectivity index (χ0v) is 11.7. The molecule has 2 rings (SSSR count). The first kappa shape index (κ1) is 13.4. The Kier molecular flexibility index (Phi) is 4.64. The molecule has 1 N–H and O–H groups in total. The Hall–Kier alpha value is -1.03. The molecule has 1 heterocycles. The van der Waals surface area contributed by atoms with Gasteiger partial charge in [-0.25, -0.2) is 0 Å². The van der Waals surface area contributed by atoms with Crippen LogP contribution in [0, 0.1) is 0 Å². The van der Waals surface area contributed by atoms with Gasteiger partial charge in [0.1, 0.15) is 12.4 Å². The lowest BCUT2D eigenvalue weighted by molar-refractivity contribution is 0.166. The first-order valence-electron chi connectivity index (χ1n) is 5.84. The van der Waals surface area contributed by atoms with Gasteiger partial charge < -0.3 is 9.84 Å². The number of para-hydroxylation sites is 1. The van der Waals surface area contributed by atoms with Crippen molar-refractivity contribution in [2.75, 3.05) is 0 Å². The summed E-state index contributed by atoms with van der Waals surface area (Å²) in [5.41, 5.74) is 0.836. The maximum atomic E-state index is 9.91. The van der Waals surface area contributed by atoms with Crippen LogP contribution in [0.15, 0.2) is 36.4 Å². The lowest BCUT2D eigenvalue weighted by Crippen LogP contribution is -2.01. The van der Waals surface area contributed by atoms with Crippen LogP contribution in [0.4, 0.5) is 0 Å². The number of halogens is 1. The maximum absolute atomic E-state index is 9.91. The van der Waals surface area contributed by atoms with E-state index in [0.29, 0.717) is 13.0 Å². The second-order valence-electron chi connectivity index (χ2n) is 3.96. The van der Waals surface area contributed by atoms with Crippen LogP contribution in [0.5, 0.6) is 5.75 Å². The third-order valence-corrected chi connectivity index (χ3v) is 3.87. The fourth-order valence-corrected chi connectivity index (χ4v) is 2.69. The summed E-state index contributed by atoms with van der Waals surface area (Å²) in [5.74, 6) is 0.733. The number of hydrogen-bond acceptors (Lipinski definition) is 3. The van der Waals surface area contributed by atoms with E-state index < -0.39 is 6.10 Å². The largest absolute Gasteiger partial charge is 0.488 e. The fraction of sp³-hybridized carbons (Fsp3) is 0.286. The van der Waals surface area contributed by atoms with Crippen molar-refractivity contribution in [3.63, 3.8) is 0 Å². The average molecular weight is 283 g/mol. The molecule has 0 amide bonds. The molecule has 0 spiro atoms. The zero-order chi connectivity index (χ0) is 13.0. The Bertz CT molecular complexity index is 510. The first-order valence-corrected chi connectivity index (χ1v) is 7.04. The second-order valence-corrected chi connectivity index (χ2v) is 5.76. The molecule has 0 fully saturated rings. The molecule has 96 valence electrons. The van der Waals surface area contributed by atoms with Crippen molar-refractivity contribution in [1.29, 1.82) is 0 Å². The van der Waals surface area contributed by atoms with Gasteiger partial charge in [0.05, 0.1) is 10.4 Å². The third-order valence-electron chi connectivity index (χ3n) is 2.66. The summed E-state index contributed by atoms with van der Waals surface area (Å²) in [6, 6.07) is 11.4. The normalized spacial score (nSPS) is 12.4. The minimum absolute atomic E-state index is 0.477. The smallest absolute Gasteiger partial charge is 0.125 e. The number of ether oxygens (including phenoxy) is 1. The number of benzene rings is 1. The molecule has 0 saturated carbocycles. The number of aliphatic hydroxyl groups excluding tert-OH is 1. The Morgan fingerprint density at radius 2 is 2.06 bits per heavy atom. The minimum atomic E-state index is -0.479. The van der Waals surface area contributed by atoms with Gasteiger partial charge in [-0.3, -0.25) is 0 Å². The molecule has 18 heavy (non-hydrogen) atoms. The molecule has 0 aliphatic heterocycles. The van der Waals surface area contributed by atoms with E-state index in [1.54, 1.807) is 0 Å². The number of aliphatic hydroxyl groups is 1. The van der Waals surface area contributed by atoms with Gasteiger partial charge in [0.15, 0.2) is 0 Å². The van der Waals surface area contributed by atoms with Crippen LogP contribution in [0.1, 0.15) is 29.9 Å². The number of thiophene rings is 1. The van der Waals surface area contributed by atoms with E-state index >= 15 is 0 Å². The Morgan fingerprint density at radius 3 is 2.72 bits per heavy atom. The van der Waals surface area contributed by atoms with Crippen molar-refractivity contribution in [2.24, 2.45) is 0 Å². The summed E-state index contributed by atoms with van der Waals surface area (Å²) in [6.07, 6.45) is 0.193. The van der Waals surface area contributed by atoms with E-state index in [0.717, 1.165) is 20.5 Å². The monoisotopic (exact) mass is 282 g/mol. The Morgan fingerprint density at radius 1 is 1.28 bits per heavy atom. The Labute approximate surface area is 116 Å². The molecule has 0 aliphatic rings. The quantitative estimate of drug-likeness (QED) is 0.879. The first-order chi connectivity index (χ1) is 8.70. The van der Waals surface area contributed by atoms with Crippen LogP contribution in [0.3, 0.4) is 0 Å². The molecule has 0 aliphatic carbocycles. The lowest BCUT2D eigenvalue weighted by Gasteiger charge is -2.14. The van der Waals surface area contributed by atoms with Crippen molar-refractivity contribution in [3.05, 3.63) is 51.2 Å². The van der Waals surface area contributed by atoms with Crippen molar-refractivity contribution in [3.8, 4) is 5.75 Å². The van der Waals surface area contributed by atoms with Gasteiger partial charge >= 0.3 is 0 Å². The van der Waals surface area contributed by atoms with Crippen LogP contribution in [-0.2, 0) is 6.61 Å². The van der Waals surface area contributed by atoms with Gasteiger partial charge in [-0.2, -0.15) is 0 Å². The van der Waals surface area contributed by atoms with Crippen LogP contribution < -0.4 is 4.74 Å². The van der Waals surface area contributed by atoms with Gasteiger partial charge in [-0.05, 0) is 24.6 Å². The van der Waals surface area contributed by atoms with Crippen LogP contribution in [-0.4, -0.2) is 5.11 Å². The highest BCUT2D eigenvalue weighted by Crippen LogP contribution is 2.29. The molecule has 0 radical (unpaired) electrons. The second kappa shape index (κ2) is 6.23. The van der Waals surface area contributed by atoms with E-state index in [-0.39, 0.29) is 0 Å². The third kappa shape index (κ3) is 3.25. The Balaban J connectivity index is 2.09. The summed E-state index contributed by atoms with van der Waals surface area (Å²) in [5, 5.41) is 9.91. The van der Waals surface area contributed by atoms with Gasteiger partial charge in [-0.1, -0.05) is 36.7 Å². The highest BCUT2D eigenvalue weighted by atomic mass is 35.5. The average Bonchev–Trinajstić information content (AvgIpc) is 2.81. The van der Waals surface area contributed by atoms with E-state index in [9.17, 15) is 5.11 Å². The molecule has 0 bridgehead atoms. The molecule has 1 aromatic carbocycles. The highest BCUT2D eigenvalue weighted by Gasteiger charge is 2.11. The molecule has 1 atom stereocenters. The predicted molar refractivity (Wildman–Crippen MR) is 75.4 cm³/mol. The maximum Gasteiger partial charge on any atom is 0.125 e. The van der Waals surface area contributed by atoms with E-state index in [4.69, 9.17) is 16.3 Å². The molecule has 4 heteroatoms. The molecule has 1 aromatic heterocycles. The standard InChI is InChI=1S/C14H15ClO2S/c1-2-12(16)11-5-3-4-6-13(11)17-9-10-7-8-14(15)18-10/h3-8,12,16H,2,9H2,1H3. The summed E-state index contributed by atoms with van der Waals surface area (Å²) in [6.45, 7) is 2.42. The summed E-state index contributed by atoms with van der Waals surface area (Å²) >= 11 is 7.37. The molecular formula is C14H15ClO2S. The van der Waals surface area contributed by atoms with Crippen molar-refractivity contribution in [2.45, 2.75) is 26.1 Å². The van der Waals surface area contributed by atoms with E-state index in [1.165, 1.54) is 11.3 Å². The molecule has 2 nitrogen and oxygen atoms in total. The van der Waals surface area contributed by atoms with Gasteiger partial charge in [-0.15, -0.1) is 11.3 Å². The number of hydrogen-bond donors (Lipinski definition) is 1. The molecule has 2 aromatic rings. The van der Waals surface area contributed by atoms with Crippen LogP contribution in [0.2, 0.25) is 4.34 Å². The van der Waals surface area contributed by atoms with Crippen LogP contribution in [0.25, 0.3) is 0 Å². The van der Waals surface area contributed by atoms with Crippen LogP contribution >= 0.6 is 22.9 Å². The molecular weight excluding hydrogens is 268 g/mol. The molecule has 0 saturated heterocycles. The fourth-order valence-electron chi connectivity index (χ4n) is 1.69. The van der Waals surface area contributed by atoms with Gasteiger partial charge in [0, 0.05) is 10.4 Å². The predicted octanol–water partition coefficient (Wildman–Crippen LogP) is 4.42. The zero-order valence-electron chi connectivity index (χ0n) is 10.1.